The van der Waals surface area contributed by atoms with Gasteiger partial charge in [-0.1, -0.05) is 103 Å². The normalized spacial score (nSPS) is 11.1. The predicted octanol–water partition coefficient (Wildman–Crippen LogP) is 7.52. The Morgan fingerprint density at radius 3 is 1.31 bits per heavy atom. The van der Waals surface area contributed by atoms with Gasteiger partial charge in [0.2, 0.25) is 0 Å². The number of aliphatic carboxylic acids is 1. The first-order valence-electron chi connectivity index (χ1n) is 11.6. The molecule has 0 aliphatic carbocycles. The third-order valence-electron chi connectivity index (χ3n) is 5.07. The molecule has 26 heavy (non-hydrogen) atoms. The number of hydrogen-bond acceptors (Lipinski definition) is 2. The van der Waals surface area contributed by atoms with Crippen molar-refractivity contribution in [3.8, 4) is 0 Å². The molecule has 0 aromatic heterocycles. The van der Waals surface area contributed by atoms with Gasteiger partial charge in [0.05, 0.1) is 0 Å². The molecule has 0 saturated heterocycles. The summed E-state index contributed by atoms with van der Waals surface area (Å²) in [6, 6.07) is 0. The lowest BCUT2D eigenvalue weighted by Crippen LogP contribution is -1.99. The van der Waals surface area contributed by atoms with Gasteiger partial charge in [0, 0.05) is 19.6 Å². The van der Waals surface area contributed by atoms with Crippen LogP contribution < -0.4 is 0 Å². The smallest absolute Gasteiger partial charge is 0.303 e. The molecular weight excluding hydrogens is 324 g/mol. The summed E-state index contributed by atoms with van der Waals surface area (Å²) >= 11 is 0. The molecule has 0 spiro atoms. The minimum Gasteiger partial charge on any atom is -0.481 e. The third-order valence-corrected chi connectivity index (χ3v) is 5.07. The van der Waals surface area contributed by atoms with Crippen LogP contribution in [-0.2, 0) is 9.53 Å². The van der Waals surface area contributed by atoms with E-state index in [0.717, 1.165) is 25.9 Å². The van der Waals surface area contributed by atoms with Crippen LogP contribution in [0.3, 0.4) is 0 Å². The second kappa shape index (κ2) is 22.5. The van der Waals surface area contributed by atoms with Gasteiger partial charge in [-0.15, -0.1) is 0 Å². The Bertz CT molecular complexity index is 279. The van der Waals surface area contributed by atoms with Gasteiger partial charge in [0.1, 0.15) is 0 Å². The van der Waals surface area contributed by atoms with E-state index in [1.165, 1.54) is 96.3 Å². The van der Waals surface area contributed by atoms with Crippen LogP contribution in [0.15, 0.2) is 0 Å². The largest absolute Gasteiger partial charge is 0.481 e. The van der Waals surface area contributed by atoms with Crippen molar-refractivity contribution in [2.24, 2.45) is 0 Å². The first kappa shape index (κ1) is 25.4. The molecular formula is C23H46O3. The van der Waals surface area contributed by atoms with Crippen LogP contribution in [0.2, 0.25) is 0 Å². The lowest BCUT2D eigenvalue weighted by Gasteiger charge is -2.05. The van der Waals surface area contributed by atoms with Crippen molar-refractivity contribution >= 4 is 5.97 Å². The maximum Gasteiger partial charge on any atom is 0.303 e. The Kier molecular flexibility index (Phi) is 22.0. The minimum absolute atomic E-state index is 0.266. The summed E-state index contributed by atoms with van der Waals surface area (Å²) in [4.78, 5) is 10.4. The summed E-state index contributed by atoms with van der Waals surface area (Å²) in [6.07, 6.45) is 24.1. The molecule has 0 saturated carbocycles. The molecule has 0 bridgehead atoms. The van der Waals surface area contributed by atoms with E-state index in [9.17, 15) is 4.79 Å². The van der Waals surface area contributed by atoms with Crippen LogP contribution in [0.25, 0.3) is 0 Å². The molecule has 3 heteroatoms. The van der Waals surface area contributed by atoms with Crippen molar-refractivity contribution in [3.63, 3.8) is 0 Å². The van der Waals surface area contributed by atoms with Gasteiger partial charge in [-0.3, -0.25) is 4.79 Å². The molecule has 0 fully saturated rings. The highest BCUT2D eigenvalue weighted by Crippen LogP contribution is 2.13. The van der Waals surface area contributed by atoms with Crippen LogP contribution in [0, 0.1) is 0 Å². The fourth-order valence-electron chi connectivity index (χ4n) is 3.33. The van der Waals surface area contributed by atoms with Crippen LogP contribution >= 0.6 is 0 Å². The predicted molar refractivity (Wildman–Crippen MR) is 112 cm³/mol. The van der Waals surface area contributed by atoms with Crippen LogP contribution in [-0.4, -0.2) is 24.3 Å². The molecule has 0 heterocycles. The highest BCUT2D eigenvalue weighted by Gasteiger charge is 1.97. The molecule has 0 aliphatic rings. The van der Waals surface area contributed by atoms with Gasteiger partial charge in [0.25, 0.3) is 0 Å². The highest BCUT2D eigenvalue weighted by molar-refractivity contribution is 5.66. The number of unbranched alkanes of at least 4 members (excludes halogenated alkanes) is 16. The number of carboxylic acid groups (broad SMARTS) is 1. The topological polar surface area (TPSA) is 46.5 Å². The second-order valence-corrected chi connectivity index (χ2v) is 7.77. The van der Waals surface area contributed by atoms with Gasteiger partial charge in [-0.25, -0.2) is 0 Å². The van der Waals surface area contributed by atoms with Gasteiger partial charge in [0.15, 0.2) is 0 Å². The van der Waals surface area contributed by atoms with E-state index < -0.39 is 5.97 Å². The van der Waals surface area contributed by atoms with Crippen molar-refractivity contribution in [2.75, 3.05) is 13.2 Å². The monoisotopic (exact) mass is 370 g/mol. The van der Waals surface area contributed by atoms with Crippen LogP contribution in [0.1, 0.15) is 129 Å². The van der Waals surface area contributed by atoms with Crippen molar-refractivity contribution in [1.82, 2.24) is 0 Å². The van der Waals surface area contributed by atoms with Crippen LogP contribution in [0.5, 0.6) is 0 Å². The molecule has 0 atom stereocenters. The summed E-state index contributed by atoms with van der Waals surface area (Å²) in [5, 5.41) is 8.53. The molecule has 0 amide bonds. The van der Waals surface area contributed by atoms with E-state index in [2.05, 4.69) is 6.92 Å². The van der Waals surface area contributed by atoms with Gasteiger partial charge in [-0.05, 0) is 19.3 Å². The fraction of sp³-hybridized carbons (Fsp3) is 0.957. The Labute approximate surface area is 163 Å². The molecule has 0 radical (unpaired) electrons. The zero-order chi connectivity index (χ0) is 19.1. The fourth-order valence-corrected chi connectivity index (χ4v) is 3.33. The number of ether oxygens (including phenoxy) is 1. The summed E-state index contributed by atoms with van der Waals surface area (Å²) in [5.41, 5.74) is 0. The second-order valence-electron chi connectivity index (χ2n) is 7.77. The summed E-state index contributed by atoms with van der Waals surface area (Å²) in [7, 11) is 0. The number of rotatable bonds is 22. The summed E-state index contributed by atoms with van der Waals surface area (Å²) in [6.45, 7) is 3.83. The van der Waals surface area contributed by atoms with Gasteiger partial charge >= 0.3 is 5.97 Å². The van der Waals surface area contributed by atoms with E-state index in [4.69, 9.17) is 9.84 Å². The number of carbonyl (C=O) groups is 1. The maximum absolute atomic E-state index is 10.4. The Balaban J connectivity index is 2.98. The average molecular weight is 371 g/mol. The average Bonchev–Trinajstić information content (AvgIpc) is 2.62. The van der Waals surface area contributed by atoms with E-state index in [1.807, 2.05) is 0 Å². The van der Waals surface area contributed by atoms with Crippen molar-refractivity contribution in [2.45, 2.75) is 129 Å². The van der Waals surface area contributed by atoms with E-state index >= 15 is 0 Å². The first-order chi connectivity index (χ1) is 12.8. The molecule has 0 aromatic rings. The highest BCUT2D eigenvalue weighted by atomic mass is 16.5. The zero-order valence-corrected chi connectivity index (χ0v) is 17.6. The van der Waals surface area contributed by atoms with E-state index in [0.29, 0.717) is 6.61 Å². The van der Waals surface area contributed by atoms with Gasteiger partial charge < -0.3 is 9.84 Å². The summed E-state index contributed by atoms with van der Waals surface area (Å²) < 4.78 is 5.54. The lowest BCUT2D eigenvalue weighted by molar-refractivity contribution is -0.137. The molecule has 0 unspecified atom stereocenters. The van der Waals surface area contributed by atoms with Crippen molar-refractivity contribution in [3.05, 3.63) is 0 Å². The molecule has 156 valence electrons. The lowest BCUT2D eigenvalue weighted by atomic mass is 10.0. The quantitative estimate of drug-likeness (QED) is 0.200. The first-order valence-corrected chi connectivity index (χ1v) is 11.6. The molecule has 0 aromatic carbocycles. The Morgan fingerprint density at radius 1 is 0.577 bits per heavy atom. The summed E-state index contributed by atoms with van der Waals surface area (Å²) in [5.74, 6) is -0.706. The zero-order valence-electron chi connectivity index (χ0n) is 17.6. The third kappa shape index (κ3) is 23.4. The standard InChI is InChI=1S/C23H46O3/c1-2-3-4-5-6-7-8-9-10-11-12-13-14-15-16-18-21-26-22-19-17-20-23(24)25/h2-22H2,1H3,(H,24,25). The molecule has 1 N–H and O–H groups in total. The molecule has 3 nitrogen and oxygen atoms in total. The molecule has 0 aliphatic heterocycles. The van der Waals surface area contributed by atoms with Gasteiger partial charge in [-0.2, -0.15) is 0 Å². The Morgan fingerprint density at radius 2 is 0.923 bits per heavy atom. The number of carboxylic acids is 1. The SMILES string of the molecule is CCCCCCCCCCCCCCCCCCOCCCCC(=O)O. The Hall–Kier alpha value is -0.570. The van der Waals surface area contributed by atoms with E-state index in [1.54, 1.807) is 0 Å². The van der Waals surface area contributed by atoms with Crippen molar-refractivity contribution in [1.29, 1.82) is 0 Å². The van der Waals surface area contributed by atoms with Crippen molar-refractivity contribution < 1.29 is 14.6 Å². The minimum atomic E-state index is -0.706. The van der Waals surface area contributed by atoms with Crippen LogP contribution in [0.4, 0.5) is 0 Å². The maximum atomic E-state index is 10.4. The van der Waals surface area contributed by atoms with E-state index in [-0.39, 0.29) is 6.42 Å². The molecule has 0 rings (SSSR count). The number of hydrogen-bond donors (Lipinski definition) is 1.